The molecule has 1 heterocycles. The minimum atomic E-state index is -0.0976. The van der Waals surface area contributed by atoms with Gasteiger partial charge in [0.15, 0.2) is 6.61 Å². The molecule has 138 valence electrons. The van der Waals surface area contributed by atoms with Crippen LogP contribution in [-0.4, -0.2) is 43.6 Å². The third-order valence-electron chi connectivity index (χ3n) is 4.43. The number of likely N-dealkylation sites (tertiary alicyclic amines) is 1. The van der Waals surface area contributed by atoms with Crippen molar-refractivity contribution >= 4 is 29.1 Å². The van der Waals surface area contributed by atoms with Crippen molar-refractivity contribution in [1.29, 1.82) is 0 Å². The summed E-state index contributed by atoms with van der Waals surface area (Å²) in [7, 11) is 0. The molecule has 1 aliphatic heterocycles. The first-order valence-corrected chi connectivity index (χ1v) is 9.46. The predicted molar refractivity (Wildman–Crippen MR) is 105 cm³/mol. The molecule has 0 unspecified atom stereocenters. The second kappa shape index (κ2) is 9.26. The van der Waals surface area contributed by atoms with Crippen molar-refractivity contribution in [2.45, 2.75) is 6.42 Å². The Morgan fingerprint density at radius 2 is 1.65 bits per heavy atom. The second-order valence-electron chi connectivity index (χ2n) is 6.55. The predicted octanol–water partition coefficient (Wildman–Crippen LogP) is 3.66. The molecule has 1 fully saturated rings. The van der Waals surface area contributed by atoms with Crippen molar-refractivity contribution in [1.82, 2.24) is 10.2 Å². The molecular formula is C20H22Cl2N2O2. The van der Waals surface area contributed by atoms with Crippen LogP contribution < -0.4 is 10.1 Å². The molecule has 0 aromatic heterocycles. The number of nitrogens with one attached hydrogen (secondary N) is 1. The topological polar surface area (TPSA) is 41.6 Å². The second-order valence-corrected chi connectivity index (χ2v) is 7.42. The smallest absolute Gasteiger partial charge is 0.257 e. The Bertz CT molecular complexity index is 714. The van der Waals surface area contributed by atoms with Gasteiger partial charge in [-0.2, -0.15) is 0 Å². The number of ether oxygens (including phenoxy) is 1. The first kappa shape index (κ1) is 19.0. The standard InChI is InChI=1S/C20H22Cl2N2O2/c21-17-3-1-15(2-4-17)9-10-24-12-16(13-24)11-23-20(25)14-26-19-7-5-18(22)6-8-19/h1-8,16H,9-14H2,(H,23,25). The Balaban J connectivity index is 1.26. The summed E-state index contributed by atoms with van der Waals surface area (Å²) < 4.78 is 5.43. The molecule has 1 saturated heterocycles. The zero-order chi connectivity index (χ0) is 18.4. The third-order valence-corrected chi connectivity index (χ3v) is 4.94. The third kappa shape index (κ3) is 5.90. The normalized spacial score (nSPS) is 14.7. The van der Waals surface area contributed by atoms with Gasteiger partial charge in [-0.3, -0.25) is 4.79 Å². The van der Waals surface area contributed by atoms with E-state index in [1.165, 1.54) is 5.56 Å². The van der Waals surface area contributed by atoms with Crippen molar-refractivity contribution in [3.8, 4) is 5.75 Å². The number of benzene rings is 2. The Morgan fingerprint density at radius 3 is 2.31 bits per heavy atom. The van der Waals surface area contributed by atoms with Crippen molar-refractivity contribution < 1.29 is 9.53 Å². The number of rotatable bonds is 8. The first-order chi connectivity index (χ1) is 12.6. The van der Waals surface area contributed by atoms with E-state index in [2.05, 4.69) is 22.3 Å². The van der Waals surface area contributed by atoms with E-state index in [1.807, 2.05) is 12.1 Å². The molecule has 0 aliphatic carbocycles. The van der Waals surface area contributed by atoms with Crippen molar-refractivity contribution in [2.75, 3.05) is 32.8 Å². The van der Waals surface area contributed by atoms with Crippen LogP contribution in [0.2, 0.25) is 10.0 Å². The summed E-state index contributed by atoms with van der Waals surface area (Å²) in [6, 6.07) is 15.0. The van der Waals surface area contributed by atoms with Gasteiger partial charge in [0.1, 0.15) is 5.75 Å². The van der Waals surface area contributed by atoms with Gasteiger partial charge >= 0.3 is 0 Å². The van der Waals surface area contributed by atoms with Crippen LogP contribution in [0.4, 0.5) is 0 Å². The number of hydrogen-bond donors (Lipinski definition) is 1. The minimum absolute atomic E-state index is 0.0225. The van der Waals surface area contributed by atoms with Gasteiger partial charge in [0.05, 0.1) is 0 Å². The highest BCUT2D eigenvalue weighted by atomic mass is 35.5. The summed E-state index contributed by atoms with van der Waals surface area (Å²) in [5.74, 6) is 1.06. The van der Waals surface area contributed by atoms with Crippen molar-refractivity contribution in [2.24, 2.45) is 5.92 Å². The lowest BCUT2D eigenvalue weighted by Gasteiger charge is -2.39. The molecule has 26 heavy (non-hydrogen) atoms. The molecule has 0 atom stereocenters. The molecule has 0 spiro atoms. The van der Waals surface area contributed by atoms with Crippen molar-refractivity contribution in [3.63, 3.8) is 0 Å². The summed E-state index contributed by atoms with van der Waals surface area (Å²) in [5, 5.41) is 4.35. The van der Waals surface area contributed by atoms with Gasteiger partial charge < -0.3 is 15.0 Å². The van der Waals surface area contributed by atoms with E-state index in [0.717, 1.165) is 31.1 Å². The van der Waals surface area contributed by atoms with Gasteiger partial charge in [0.25, 0.3) is 5.91 Å². The fourth-order valence-corrected chi connectivity index (χ4v) is 3.17. The summed E-state index contributed by atoms with van der Waals surface area (Å²) in [4.78, 5) is 14.3. The number of carbonyl (C=O) groups excluding carboxylic acids is 1. The van der Waals surface area contributed by atoms with E-state index in [4.69, 9.17) is 27.9 Å². The van der Waals surface area contributed by atoms with Crippen LogP contribution in [0.1, 0.15) is 5.56 Å². The van der Waals surface area contributed by atoms with E-state index < -0.39 is 0 Å². The Morgan fingerprint density at radius 1 is 1.04 bits per heavy atom. The van der Waals surface area contributed by atoms with E-state index in [9.17, 15) is 4.79 Å². The van der Waals surface area contributed by atoms with Gasteiger partial charge in [0.2, 0.25) is 0 Å². The van der Waals surface area contributed by atoms with Crippen LogP contribution >= 0.6 is 23.2 Å². The lowest BCUT2D eigenvalue weighted by molar-refractivity contribution is -0.123. The summed E-state index contributed by atoms with van der Waals surface area (Å²) in [6.45, 7) is 3.79. The molecule has 2 aromatic rings. The number of carbonyl (C=O) groups is 1. The fourth-order valence-electron chi connectivity index (χ4n) is 2.92. The summed E-state index contributed by atoms with van der Waals surface area (Å²) >= 11 is 11.7. The number of amides is 1. The van der Waals surface area contributed by atoms with Crippen LogP contribution in [0.5, 0.6) is 5.75 Å². The molecule has 0 saturated carbocycles. The largest absolute Gasteiger partial charge is 0.484 e. The highest BCUT2D eigenvalue weighted by Gasteiger charge is 2.26. The lowest BCUT2D eigenvalue weighted by atomic mass is 9.99. The highest BCUT2D eigenvalue weighted by molar-refractivity contribution is 6.30. The summed E-state index contributed by atoms with van der Waals surface area (Å²) in [5.41, 5.74) is 1.30. The van der Waals surface area contributed by atoms with E-state index in [-0.39, 0.29) is 12.5 Å². The van der Waals surface area contributed by atoms with Gasteiger partial charge in [-0.05, 0) is 48.4 Å². The van der Waals surface area contributed by atoms with Crippen LogP contribution in [0.3, 0.4) is 0 Å². The molecule has 0 bridgehead atoms. The molecule has 6 heteroatoms. The maximum absolute atomic E-state index is 11.9. The van der Waals surface area contributed by atoms with Crippen molar-refractivity contribution in [3.05, 3.63) is 64.1 Å². The minimum Gasteiger partial charge on any atom is -0.484 e. The average Bonchev–Trinajstić information content (AvgIpc) is 2.61. The lowest BCUT2D eigenvalue weighted by Crippen LogP contribution is -2.52. The average molecular weight is 393 g/mol. The van der Waals surface area contributed by atoms with E-state index in [1.54, 1.807) is 24.3 Å². The van der Waals surface area contributed by atoms with Crippen LogP contribution in [0, 0.1) is 5.92 Å². The molecule has 1 amide bonds. The van der Waals surface area contributed by atoms with E-state index >= 15 is 0 Å². The van der Waals surface area contributed by atoms with Crippen LogP contribution in [0.25, 0.3) is 0 Å². The molecule has 4 nitrogen and oxygen atoms in total. The molecule has 0 radical (unpaired) electrons. The van der Waals surface area contributed by atoms with E-state index in [0.29, 0.717) is 23.2 Å². The van der Waals surface area contributed by atoms with Crippen LogP contribution in [0.15, 0.2) is 48.5 Å². The molecular weight excluding hydrogens is 371 g/mol. The molecule has 3 rings (SSSR count). The van der Waals surface area contributed by atoms with Gasteiger partial charge in [0, 0.05) is 42.1 Å². The summed E-state index contributed by atoms with van der Waals surface area (Å²) in [6.07, 6.45) is 1.02. The quantitative estimate of drug-likeness (QED) is 0.744. The van der Waals surface area contributed by atoms with Gasteiger partial charge in [-0.1, -0.05) is 35.3 Å². The Labute approximate surface area is 164 Å². The molecule has 2 aromatic carbocycles. The first-order valence-electron chi connectivity index (χ1n) is 8.70. The number of halogens is 2. The zero-order valence-electron chi connectivity index (χ0n) is 14.5. The van der Waals surface area contributed by atoms with Gasteiger partial charge in [-0.15, -0.1) is 0 Å². The van der Waals surface area contributed by atoms with Gasteiger partial charge in [-0.25, -0.2) is 0 Å². The monoisotopic (exact) mass is 392 g/mol. The Hall–Kier alpha value is -1.75. The van der Waals surface area contributed by atoms with Crippen LogP contribution in [-0.2, 0) is 11.2 Å². The maximum atomic E-state index is 11.9. The Kier molecular flexibility index (Phi) is 6.78. The highest BCUT2D eigenvalue weighted by Crippen LogP contribution is 2.17. The SMILES string of the molecule is O=C(COc1ccc(Cl)cc1)NCC1CN(CCc2ccc(Cl)cc2)C1. The molecule has 1 aliphatic rings. The maximum Gasteiger partial charge on any atom is 0.257 e. The number of nitrogens with zero attached hydrogens (tertiary/aromatic N) is 1. The zero-order valence-corrected chi connectivity index (χ0v) is 16.0. The number of hydrogen-bond acceptors (Lipinski definition) is 3. The molecule has 1 N–H and O–H groups in total. The fraction of sp³-hybridized carbons (Fsp3) is 0.350.